The van der Waals surface area contributed by atoms with Crippen molar-refractivity contribution in [2.24, 2.45) is 4.99 Å². The van der Waals surface area contributed by atoms with E-state index in [0.717, 1.165) is 55.7 Å². The van der Waals surface area contributed by atoms with Gasteiger partial charge in [0.05, 0.1) is 6.10 Å². The molecule has 172 valence electrons. The largest absolute Gasteiger partial charge is 0.373 e. The number of amides is 2. The number of guanidine groups is 1. The molecule has 0 radical (unpaired) electrons. The van der Waals surface area contributed by atoms with Gasteiger partial charge >= 0.3 is 0 Å². The molecule has 33 heavy (non-hydrogen) atoms. The minimum Gasteiger partial charge on any atom is -0.373 e. The molecule has 8 nitrogen and oxygen atoms in total. The van der Waals surface area contributed by atoms with E-state index in [1.165, 1.54) is 0 Å². The molecule has 2 saturated heterocycles. The van der Waals surface area contributed by atoms with E-state index in [2.05, 4.69) is 33.2 Å². The molecule has 4 N–H and O–H groups in total. The first-order valence-electron chi connectivity index (χ1n) is 11.6. The van der Waals surface area contributed by atoms with Gasteiger partial charge in [0.1, 0.15) is 0 Å². The van der Waals surface area contributed by atoms with E-state index >= 15 is 0 Å². The summed E-state index contributed by atoms with van der Waals surface area (Å²) in [5.74, 6) is 0.146. The van der Waals surface area contributed by atoms with Gasteiger partial charge in [-0.25, -0.2) is 0 Å². The van der Waals surface area contributed by atoms with Crippen molar-refractivity contribution < 1.29 is 14.3 Å². The number of hydrogen-bond donors (Lipinski definition) is 4. The lowest BCUT2D eigenvalue weighted by Gasteiger charge is -2.18. The van der Waals surface area contributed by atoms with Crippen LogP contribution in [0.15, 0.2) is 47.5 Å². The van der Waals surface area contributed by atoms with Crippen LogP contribution in [0.5, 0.6) is 0 Å². The molecule has 2 aromatic carbocycles. The predicted octanol–water partition coefficient (Wildman–Crippen LogP) is 3.25. The molecule has 1 atom stereocenters. The SMILES string of the molecule is CC1(NC(=O)c2cccc(Nc3ccc(C(=O)N=C4NCCN4)cc3C3CCCO3)c2)CC1. The number of carbonyl (C=O) groups is 2. The molecule has 1 unspecified atom stereocenters. The highest BCUT2D eigenvalue weighted by Gasteiger charge is 2.38. The third kappa shape index (κ3) is 5.01. The molecular weight excluding hydrogens is 418 g/mol. The van der Waals surface area contributed by atoms with Crippen LogP contribution in [-0.4, -0.2) is 43.0 Å². The molecule has 2 aliphatic heterocycles. The Kier molecular flexibility index (Phi) is 5.76. The Morgan fingerprint density at radius 3 is 2.64 bits per heavy atom. The molecule has 5 rings (SSSR count). The quantitative estimate of drug-likeness (QED) is 0.542. The van der Waals surface area contributed by atoms with E-state index in [-0.39, 0.29) is 23.5 Å². The average Bonchev–Trinajstić information content (AvgIpc) is 3.21. The topological polar surface area (TPSA) is 104 Å². The van der Waals surface area contributed by atoms with Crippen molar-refractivity contribution in [1.82, 2.24) is 16.0 Å². The first-order chi connectivity index (χ1) is 16.0. The Bertz CT molecular complexity index is 1090. The smallest absolute Gasteiger partial charge is 0.280 e. The van der Waals surface area contributed by atoms with Gasteiger partial charge < -0.3 is 26.0 Å². The van der Waals surface area contributed by atoms with Crippen LogP contribution in [0.3, 0.4) is 0 Å². The summed E-state index contributed by atoms with van der Waals surface area (Å²) >= 11 is 0. The Morgan fingerprint density at radius 1 is 1.09 bits per heavy atom. The van der Waals surface area contributed by atoms with Crippen molar-refractivity contribution in [3.8, 4) is 0 Å². The Hall–Kier alpha value is -3.39. The number of rotatable bonds is 6. The summed E-state index contributed by atoms with van der Waals surface area (Å²) in [6, 6.07) is 13.0. The number of hydrogen-bond acceptors (Lipinski definition) is 4. The van der Waals surface area contributed by atoms with Crippen LogP contribution in [0, 0.1) is 0 Å². The summed E-state index contributed by atoms with van der Waals surface area (Å²) in [6.07, 6.45) is 3.82. The van der Waals surface area contributed by atoms with Crippen LogP contribution in [0.25, 0.3) is 0 Å². The van der Waals surface area contributed by atoms with E-state index in [4.69, 9.17) is 4.74 Å². The molecule has 3 aliphatic rings. The number of aliphatic imine (C=N–C) groups is 1. The standard InChI is InChI=1S/C25H29N5O3/c1-25(9-10-25)30-23(32)16-4-2-5-18(14-16)28-20-8-7-17(15-19(20)21-6-3-13-33-21)22(31)29-24-26-11-12-27-24/h2,4-5,7-8,14-15,21,28H,3,6,9-13H2,1H3,(H,30,32)(H2,26,27,29,31). The monoisotopic (exact) mass is 447 g/mol. The summed E-state index contributed by atoms with van der Waals surface area (Å²) in [5, 5.41) is 12.6. The van der Waals surface area contributed by atoms with Gasteiger partial charge in [-0.1, -0.05) is 6.07 Å². The summed E-state index contributed by atoms with van der Waals surface area (Å²) in [6.45, 7) is 4.28. The fourth-order valence-electron chi connectivity index (χ4n) is 4.12. The van der Waals surface area contributed by atoms with E-state index < -0.39 is 0 Å². The molecule has 1 saturated carbocycles. The van der Waals surface area contributed by atoms with E-state index in [1.54, 1.807) is 6.07 Å². The maximum atomic E-state index is 12.7. The Labute approximate surface area is 193 Å². The first-order valence-corrected chi connectivity index (χ1v) is 11.6. The van der Waals surface area contributed by atoms with Gasteiger partial charge in [0.25, 0.3) is 11.8 Å². The fraction of sp³-hybridized carbons (Fsp3) is 0.400. The van der Waals surface area contributed by atoms with Crippen LogP contribution in [0.2, 0.25) is 0 Å². The molecule has 2 aromatic rings. The van der Waals surface area contributed by atoms with E-state index in [0.29, 0.717) is 23.7 Å². The van der Waals surface area contributed by atoms with Crippen LogP contribution < -0.4 is 21.3 Å². The molecular formula is C25H29N5O3. The lowest BCUT2D eigenvalue weighted by Crippen LogP contribution is -2.34. The molecule has 0 spiro atoms. The predicted molar refractivity (Wildman–Crippen MR) is 127 cm³/mol. The second-order valence-electron chi connectivity index (χ2n) is 9.14. The van der Waals surface area contributed by atoms with Gasteiger partial charge in [-0.2, -0.15) is 4.99 Å². The van der Waals surface area contributed by atoms with Crippen molar-refractivity contribution in [1.29, 1.82) is 0 Å². The molecule has 3 fully saturated rings. The summed E-state index contributed by atoms with van der Waals surface area (Å²) in [5.41, 5.74) is 3.65. The first kappa shape index (κ1) is 21.5. The number of benzene rings is 2. The fourth-order valence-corrected chi connectivity index (χ4v) is 4.12. The zero-order valence-electron chi connectivity index (χ0n) is 18.7. The number of nitrogens with one attached hydrogen (secondary N) is 4. The lowest BCUT2D eigenvalue weighted by atomic mass is 10.0. The number of ether oxygens (including phenoxy) is 1. The third-order valence-electron chi connectivity index (χ3n) is 6.32. The van der Waals surface area contributed by atoms with Gasteiger partial charge in [0.15, 0.2) is 5.96 Å². The summed E-state index contributed by atoms with van der Waals surface area (Å²) < 4.78 is 5.93. The van der Waals surface area contributed by atoms with Crippen molar-refractivity contribution in [3.63, 3.8) is 0 Å². The zero-order valence-corrected chi connectivity index (χ0v) is 18.7. The van der Waals surface area contributed by atoms with Gasteiger partial charge in [0.2, 0.25) is 0 Å². The van der Waals surface area contributed by atoms with Crippen molar-refractivity contribution >= 4 is 29.1 Å². The van der Waals surface area contributed by atoms with Gasteiger partial charge in [-0.05, 0) is 69.0 Å². The summed E-state index contributed by atoms with van der Waals surface area (Å²) in [7, 11) is 0. The minimum atomic E-state index is -0.301. The van der Waals surface area contributed by atoms with Crippen LogP contribution in [0.4, 0.5) is 11.4 Å². The molecule has 2 heterocycles. The second kappa shape index (κ2) is 8.86. The molecule has 2 amide bonds. The summed E-state index contributed by atoms with van der Waals surface area (Å²) in [4.78, 5) is 29.5. The van der Waals surface area contributed by atoms with Crippen LogP contribution in [-0.2, 0) is 4.74 Å². The maximum Gasteiger partial charge on any atom is 0.280 e. The third-order valence-corrected chi connectivity index (χ3v) is 6.32. The maximum absolute atomic E-state index is 12.7. The van der Waals surface area contributed by atoms with Gasteiger partial charge in [0, 0.05) is 53.3 Å². The highest BCUT2D eigenvalue weighted by Crippen LogP contribution is 2.36. The minimum absolute atomic E-state index is 0.0628. The van der Waals surface area contributed by atoms with Crippen LogP contribution in [0.1, 0.15) is 65.0 Å². The van der Waals surface area contributed by atoms with E-state index in [9.17, 15) is 9.59 Å². The average molecular weight is 448 g/mol. The molecule has 1 aliphatic carbocycles. The van der Waals surface area contributed by atoms with Gasteiger partial charge in [-0.15, -0.1) is 0 Å². The normalized spacial score (nSPS) is 20.5. The number of anilines is 2. The highest BCUT2D eigenvalue weighted by atomic mass is 16.5. The molecule has 0 bridgehead atoms. The Morgan fingerprint density at radius 2 is 1.91 bits per heavy atom. The van der Waals surface area contributed by atoms with Crippen molar-refractivity contribution in [2.75, 3.05) is 25.0 Å². The highest BCUT2D eigenvalue weighted by molar-refractivity contribution is 6.03. The van der Waals surface area contributed by atoms with E-state index in [1.807, 2.05) is 36.4 Å². The molecule has 0 aromatic heterocycles. The number of nitrogens with zero attached hydrogens (tertiary/aromatic N) is 1. The van der Waals surface area contributed by atoms with Crippen molar-refractivity contribution in [2.45, 2.75) is 44.2 Å². The molecule has 8 heteroatoms. The zero-order chi connectivity index (χ0) is 22.8. The lowest BCUT2D eigenvalue weighted by molar-refractivity contribution is 0.0934. The van der Waals surface area contributed by atoms with Gasteiger partial charge in [-0.3, -0.25) is 9.59 Å². The Balaban J connectivity index is 1.39. The second-order valence-corrected chi connectivity index (χ2v) is 9.14. The van der Waals surface area contributed by atoms with Crippen LogP contribution >= 0.6 is 0 Å². The number of carbonyl (C=O) groups excluding carboxylic acids is 2. The van der Waals surface area contributed by atoms with Crippen molar-refractivity contribution in [3.05, 3.63) is 59.2 Å².